The SMILES string of the molecule is CC(C)C(Nc1ccc(-c2c(/C=C/c3ccc4ccccc4n3)nc3c(N4CCOCC4)ccnn23)cc1)C(=O)O. The Hall–Kier alpha value is -4.76. The number of ether oxygens (including phenoxy) is 1. The Bertz CT molecular complexity index is 1720. The molecular formula is C32H32N6O3. The van der Waals surface area contributed by atoms with Gasteiger partial charge in [0.15, 0.2) is 5.65 Å². The Labute approximate surface area is 238 Å². The van der Waals surface area contributed by atoms with Crippen LogP contribution < -0.4 is 10.2 Å². The zero-order valence-corrected chi connectivity index (χ0v) is 23.1. The van der Waals surface area contributed by atoms with Crippen LogP contribution in [0.5, 0.6) is 0 Å². The number of imidazole rings is 1. The Balaban J connectivity index is 1.42. The maximum atomic E-state index is 11.7. The summed E-state index contributed by atoms with van der Waals surface area (Å²) in [6.07, 6.45) is 5.76. The van der Waals surface area contributed by atoms with E-state index >= 15 is 0 Å². The summed E-state index contributed by atoms with van der Waals surface area (Å²) in [5.41, 5.74) is 6.81. The molecule has 1 unspecified atom stereocenters. The van der Waals surface area contributed by atoms with E-state index in [0.717, 1.165) is 63.7 Å². The molecule has 0 radical (unpaired) electrons. The van der Waals surface area contributed by atoms with Crippen molar-refractivity contribution in [1.82, 2.24) is 19.6 Å². The number of aromatic nitrogens is 4. The molecule has 6 rings (SSSR count). The van der Waals surface area contributed by atoms with Crippen molar-refractivity contribution in [2.75, 3.05) is 36.5 Å². The number of nitrogens with zero attached hydrogens (tertiary/aromatic N) is 5. The Morgan fingerprint density at radius 3 is 2.51 bits per heavy atom. The summed E-state index contributed by atoms with van der Waals surface area (Å²) in [7, 11) is 0. The van der Waals surface area contributed by atoms with Crippen LogP contribution in [0.25, 0.3) is 40.0 Å². The Morgan fingerprint density at radius 2 is 1.76 bits per heavy atom. The van der Waals surface area contributed by atoms with Gasteiger partial charge < -0.3 is 20.1 Å². The van der Waals surface area contributed by atoms with Crippen molar-refractivity contribution in [3.63, 3.8) is 0 Å². The van der Waals surface area contributed by atoms with Crippen LogP contribution in [0, 0.1) is 5.92 Å². The molecule has 0 saturated carbocycles. The molecule has 0 spiro atoms. The number of rotatable bonds is 8. The van der Waals surface area contributed by atoms with Gasteiger partial charge in [-0.1, -0.05) is 50.2 Å². The van der Waals surface area contributed by atoms with Gasteiger partial charge in [-0.3, -0.25) is 0 Å². The molecule has 0 amide bonds. The average Bonchev–Trinajstić information content (AvgIpc) is 3.37. The molecule has 1 aliphatic heterocycles. The van der Waals surface area contributed by atoms with Crippen molar-refractivity contribution in [3.05, 3.63) is 84.3 Å². The molecule has 0 bridgehead atoms. The fraction of sp³-hybridized carbons (Fsp3) is 0.250. The lowest BCUT2D eigenvalue weighted by molar-refractivity contribution is -0.138. The van der Waals surface area contributed by atoms with Crippen molar-refractivity contribution in [3.8, 4) is 11.3 Å². The van der Waals surface area contributed by atoms with Crippen LogP contribution in [0.1, 0.15) is 25.2 Å². The van der Waals surface area contributed by atoms with Crippen LogP contribution in [-0.2, 0) is 9.53 Å². The van der Waals surface area contributed by atoms with E-state index in [1.807, 2.05) is 91.2 Å². The molecule has 0 aliphatic carbocycles. The zero-order valence-electron chi connectivity index (χ0n) is 23.1. The molecule has 2 aromatic carbocycles. The molecule has 41 heavy (non-hydrogen) atoms. The number of morpholine rings is 1. The van der Waals surface area contributed by atoms with Crippen molar-refractivity contribution in [1.29, 1.82) is 0 Å². The van der Waals surface area contributed by atoms with Gasteiger partial charge in [-0.2, -0.15) is 5.10 Å². The smallest absolute Gasteiger partial charge is 0.326 e. The lowest BCUT2D eigenvalue weighted by atomic mass is 10.0. The van der Waals surface area contributed by atoms with Gasteiger partial charge in [0.2, 0.25) is 0 Å². The van der Waals surface area contributed by atoms with E-state index in [1.165, 1.54) is 0 Å². The van der Waals surface area contributed by atoms with Gasteiger partial charge in [0.05, 0.1) is 42.0 Å². The highest BCUT2D eigenvalue weighted by Crippen LogP contribution is 2.31. The third-order valence-corrected chi connectivity index (χ3v) is 7.32. The number of pyridine rings is 1. The molecule has 5 aromatic rings. The van der Waals surface area contributed by atoms with Crippen LogP contribution in [-0.4, -0.2) is 63.0 Å². The number of carbonyl (C=O) groups is 1. The highest BCUT2D eigenvalue weighted by Gasteiger charge is 2.22. The largest absolute Gasteiger partial charge is 0.480 e. The summed E-state index contributed by atoms with van der Waals surface area (Å²) in [5, 5.41) is 18.5. The van der Waals surface area contributed by atoms with Crippen LogP contribution in [0.3, 0.4) is 0 Å². The summed E-state index contributed by atoms with van der Waals surface area (Å²) in [4.78, 5) is 23.8. The lowest BCUT2D eigenvalue weighted by Gasteiger charge is -2.28. The summed E-state index contributed by atoms with van der Waals surface area (Å²) < 4.78 is 7.46. The quantitative estimate of drug-likeness (QED) is 0.263. The number of fused-ring (bicyclic) bond motifs is 2. The van der Waals surface area contributed by atoms with Crippen LogP contribution in [0.2, 0.25) is 0 Å². The fourth-order valence-corrected chi connectivity index (χ4v) is 5.15. The van der Waals surface area contributed by atoms with Gasteiger partial charge in [0, 0.05) is 29.7 Å². The van der Waals surface area contributed by atoms with Crippen molar-refractivity contribution < 1.29 is 14.6 Å². The highest BCUT2D eigenvalue weighted by molar-refractivity contribution is 5.85. The molecule has 4 heterocycles. The molecule has 9 nitrogen and oxygen atoms in total. The molecule has 9 heteroatoms. The summed E-state index contributed by atoms with van der Waals surface area (Å²) in [5.74, 6) is -0.936. The number of para-hydroxylation sites is 1. The minimum absolute atomic E-state index is 0.0609. The fourth-order valence-electron chi connectivity index (χ4n) is 5.15. The molecular weight excluding hydrogens is 516 g/mol. The molecule has 3 aromatic heterocycles. The maximum Gasteiger partial charge on any atom is 0.326 e. The minimum Gasteiger partial charge on any atom is -0.480 e. The molecule has 1 aliphatic rings. The molecule has 1 saturated heterocycles. The van der Waals surface area contributed by atoms with Crippen molar-refractivity contribution in [2.24, 2.45) is 5.92 Å². The molecule has 1 atom stereocenters. The number of benzene rings is 2. The Morgan fingerprint density at radius 1 is 0.976 bits per heavy atom. The van der Waals surface area contributed by atoms with Crippen LogP contribution in [0.4, 0.5) is 11.4 Å². The number of carboxylic acid groups (broad SMARTS) is 1. The topological polar surface area (TPSA) is 105 Å². The van der Waals surface area contributed by atoms with Crippen molar-refractivity contribution >= 4 is 46.0 Å². The predicted molar refractivity (Wildman–Crippen MR) is 162 cm³/mol. The highest BCUT2D eigenvalue weighted by atomic mass is 16.5. The van der Waals surface area contributed by atoms with E-state index < -0.39 is 12.0 Å². The second-order valence-corrected chi connectivity index (χ2v) is 10.4. The molecule has 1 fully saturated rings. The van der Waals surface area contributed by atoms with Gasteiger partial charge in [-0.05, 0) is 48.4 Å². The van der Waals surface area contributed by atoms with Crippen LogP contribution >= 0.6 is 0 Å². The normalized spacial score (nSPS) is 14.8. The summed E-state index contributed by atoms with van der Waals surface area (Å²) in [6, 6.07) is 21.2. The minimum atomic E-state index is -0.875. The van der Waals surface area contributed by atoms with Gasteiger partial charge >= 0.3 is 5.97 Å². The third kappa shape index (κ3) is 5.49. The summed E-state index contributed by atoms with van der Waals surface area (Å²) >= 11 is 0. The van der Waals surface area contributed by atoms with Gasteiger partial charge in [0.1, 0.15) is 11.7 Å². The number of carboxylic acids is 1. The van der Waals surface area contributed by atoms with Gasteiger partial charge in [-0.25, -0.2) is 19.3 Å². The van der Waals surface area contributed by atoms with E-state index in [1.54, 1.807) is 6.20 Å². The zero-order chi connectivity index (χ0) is 28.3. The molecule has 2 N–H and O–H groups in total. The standard InChI is InChI=1S/C32H32N6O3/c1-21(2)29(32(39)40)35-25-11-8-23(9-12-25)30-27(14-13-24-10-7-22-5-3-4-6-26(22)34-24)36-31-28(15-16-33-38(30)31)37-17-19-41-20-18-37/h3-16,21,29,35H,17-20H2,1-2H3,(H,39,40)/b14-13+. The average molecular weight is 549 g/mol. The predicted octanol–water partition coefficient (Wildman–Crippen LogP) is 5.47. The first-order chi connectivity index (χ1) is 20.0. The van der Waals surface area contributed by atoms with Gasteiger partial charge in [-0.15, -0.1) is 0 Å². The third-order valence-electron chi connectivity index (χ3n) is 7.32. The monoisotopic (exact) mass is 548 g/mol. The first-order valence-electron chi connectivity index (χ1n) is 13.8. The number of anilines is 2. The van der Waals surface area contributed by atoms with Crippen LogP contribution in [0.15, 0.2) is 72.9 Å². The Kier molecular flexibility index (Phi) is 7.35. The van der Waals surface area contributed by atoms with Crippen molar-refractivity contribution in [2.45, 2.75) is 19.9 Å². The first kappa shape index (κ1) is 26.5. The lowest BCUT2D eigenvalue weighted by Crippen LogP contribution is -2.36. The number of hydrogen-bond acceptors (Lipinski definition) is 7. The van der Waals surface area contributed by atoms with E-state index in [2.05, 4.69) is 16.3 Å². The van der Waals surface area contributed by atoms with E-state index in [9.17, 15) is 9.90 Å². The maximum absolute atomic E-state index is 11.7. The van der Waals surface area contributed by atoms with E-state index in [-0.39, 0.29) is 5.92 Å². The second-order valence-electron chi connectivity index (χ2n) is 10.4. The molecule has 208 valence electrons. The van der Waals surface area contributed by atoms with Gasteiger partial charge in [0.25, 0.3) is 0 Å². The number of nitrogens with one attached hydrogen (secondary N) is 1. The summed E-state index contributed by atoms with van der Waals surface area (Å²) in [6.45, 7) is 6.69. The number of aliphatic carboxylic acids is 1. The number of hydrogen-bond donors (Lipinski definition) is 2. The van der Waals surface area contributed by atoms with E-state index in [0.29, 0.717) is 13.2 Å². The first-order valence-corrected chi connectivity index (χ1v) is 13.8. The van der Waals surface area contributed by atoms with E-state index in [4.69, 9.17) is 19.8 Å². The second kappa shape index (κ2) is 11.4.